The minimum atomic E-state index is -3.00. The predicted molar refractivity (Wildman–Crippen MR) is 105 cm³/mol. The number of carbonyl (C=O) groups is 1. The molecule has 2 aliphatic heterocycles. The monoisotopic (exact) mass is 408 g/mol. The normalized spacial score (nSPS) is 24.7. The lowest BCUT2D eigenvalue weighted by molar-refractivity contribution is 0.161. The molecule has 2 saturated heterocycles. The summed E-state index contributed by atoms with van der Waals surface area (Å²) in [6, 6.07) is 1.30. The van der Waals surface area contributed by atoms with Crippen molar-refractivity contribution in [1.29, 1.82) is 0 Å². The Morgan fingerprint density at radius 3 is 2.64 bits per heavy atom. The van der Waals surface area contributed by atoms with E-state index in [0.29, 0.717) is 32.0 Å². The van der Waals surface area contributed by atoms with Crippen LogP contribution in [0.4, 0.5) is 4.79 Å². The molecule has 1 N–H and O–H groups in total. The summed E-state index contributed by atoms with van der Waals surface area (Å²) in [7, 11) is -3.00. The van der Waals surface area contributed by atoms with Crippen LogP contribution in [0.5, 0.6) is 0 Å². The van der Waals surface area contributed by atoms with Crippen LogP contribution in [-0.4, -0.2) is 59.8 Å². The molecule has 1 aliphatic carbocycles. The van der Waals surface area contributed by atoms with E-state index in [-0.39, 0.29) is 29.1 Å². The second-order valence-corrected chi connectivity index (χ2v) is 10.6. The fourth-order valence-corrected chi connectivity index (χ4v) is 6.14. The van der Waals surface area contributed by atoms with Gasteiger partial charge in [-0.2, -0.15) is 5.10 Å². The zero-order valence-corrected chi connectivity index (χ0v) is 16.9. The molecule has 0 spiro atoms. The van der Waals surface area contributed by atoms with Gasteiger partial charge in [0.1, 0.15) is 0 Å². The number of nitrogens with one attached hydrogen (secondary N) is 1. The number of urea groups is 1. The first-order valence-electron chi connectivity index (χ1n) is 10.3. The predicted octanol–water partition coefficient (Wildman–Crippen LogP) is 0.731. The molecule has 0 bridgehead atoms. The zero-order valence-electron chi connectivity index (χ0n) is 16.1. The summed E-state index contributed by atoms with van der Waals surface area (Å²) >= 11 is 0. The van der Waals surface area contributed by atoms with Crippen molar-refractivity contribution in [1.82, 2.24) is 20.0 Å². The van der Waals surface area contributed by atoms with E-state index in [2.05, 4.69) is 10.4 Å². The van der Waals surface area contributed by atoms with Crippen molar-refractivity contribution in [2.75, 3.05) is 24.6 Å². The topological polar surface area (TPSA) is 101 Å². The van der Waals surface area contributed by atoms with Crippen LogP contribution in [0.15, 0.2) is 10.9 Å². The van der Waals surface area contributed by atoms with Crippen LogP contribution in [0, 0.1) is 5.92 Å². The average molecular weight is 409 g/mol. The largest absolute Gasteiger partial charge is 0.334 e. The number of aromatic nitrogens is 2. The number of rotatable bonds is 3. The number of likely N-dealkylation sites (tertiary alicyclic amines) is 1. The van der Waals surface area contributed by atoms with Gasteiger partial charge in [0, 0.05) is 31.7 Å². The van der Waals surface area contributed by atoms with Crippen LogP contribution in [0.1, 0.15) is 43.4 Å². The Morgan fingerprint density at radius 2 is 1.93 bits per heavy atom. The molecular formula is C19H28N4O4S. The number of hydrogen-bond donors (Lipinski definition) is 1. The summed E-state index contributed by atoms with van der Waals surface area (Å²) in [5.41, 5.74) is 2.14. The van der Waals surface area contributed by atoms with Gasteiger partial charge in [0.15, 0.2) is 9.84 Å². The van der Waals surface area contributed by atoms with Crippen LogP contribution >= 0.6 is 0 Å². The van der Waals surface area contributed by atoms with Gasteiger partial charge in [-0.1, -0.05) is 0 Å². The highest BCUT2D eigenvalue weighted by molar-refractivity contribution is 7.91. The number of amides is 2. The Morgan fingerprint density at radius 1 is 1.18 bits per heavy atom. The zero-order chi connectivity index (χ0) is 19.7. The lowest BCUT2D eigenvalue weighted by atomic mass is 9.96. The van der Waals surface area contributed by atoms with E-state index in [1.54, 1.807) is 15.6 Å². The molecule has 2 amide bonds. The molecule has 0 radical (unpaired) electrons. The second kappa shape index (κ2) is 7.85. The van der Waals surface area contributed by atoms with E-state index in [1.165, 1.54) is 0 Å². The van der Waals surface area contributed by atoms with Gasteiger partial charge in [-0.3, -0.25) is 4.79 Å². The third-order valence-electron chi connectivity index (χ3n) is 6.17. The molecule has 28 heavy (non-hydrogen) atoms. The number of sulfone groups is 1. The quantitative estimate of drug-likeness (QED) is 0.795. The van der Waals surface area contributed by atoms with Crippen LogP contribution in [0.3, 0.4) is 0 Å². The third-order valence-corrected chi connectivity index (χ3v) is 7.93. The smallest absolute Gasteiger partial charge is 0.317 e. The Labute approximate surface area is 165 Å². The van der Waals surface area contributed by atoms with Gasteiger partial charge in [0.2, 0.25) is 0 Å². The highest BCUT2D eigenvalue weighted by Gasteiger charge is 2.31. The van der Waals surface area contributed by atoms with Crippen LogP contribution < -0.4 is 10.9 Å². The standard InChI is InChI=1S/C19H28N4O4S/c24-18-11-15-3-1-2-4-17(15)21-23(18)12-14-5-8-22(9-6-14)19(25)20-16-7-10-28(26,27)13-16/h11,14,16H,1-10,12-13H2,(H,20,25). The van der Waals surface area contributed by atoms with Gasteiger partial charge in [-0.15, -0.1) is 0 Å². The van der Waals surface area contributed by atoms with E-state index in [4.69, 9.17) is 0 Å². The Balaban J connectivity index is 1.30. The number of nitrogens with zero attached hydrogens (tertiary/aromatic N) is 3. The van der Waals surface area contributed by atoms with Crippen LogP contribution in [0.25, 0.3) is 0 Å². The van der Waals surface area contributed by atoms with E-state index in [9.17, 15) is 18.0 Å². The molecule has 3 aliphatic rings. The van der Waals surface area contributed by atoms with Crippen molar-refractivity contribution in [3.05, 3.63) is 27.7 Å². The molecule has 1 aromatic heterocycles. The number of piperidine rings is 1. The van der Waals surface area contributed by atoms with Crippen molar-refractivity contribution in [3.8, 4) is 0 Å². The first kappa shape index (κ1) is 19.4. The summed E-state index contributed by atoms with van der Waals surface area (Å²) in [5, 5.41) is 7.45. The highest BCUT2D eigenvalue weighted by atomic mass is 32.2. The number of fused-ring (bicyclic) bond motifs is 1. The maximum atomic E-state index is 12.4. The SMILES string of the molecule is O=C(NC1CCS(=O)(=O)C1)N1CCC(Cn2nc3c(cc2=O)CCCC3)CC1. The molecule has 1 atom stereocenters. The summed E-state index contributed by atoms with van der Waals surface area (Å²) in [6.07, 6.45) is 6.30. The maximum Gasteiger partial charge on any atom is 0.317 e. The molecule has 2 fully saturated rings. The summed E-state index contributed by atoms with van der Waals surface area (Å²) in [6.45, 7) is 1.84. The Bertz CT molecular complexity index is 903. The molecule has 1 unspecified atom stereocenters. The minimum absolute atomic E-state index is 0.0248. The summed E-state index contributed by atoms with van der Waals surface area (Å²) < 4.78 is 24.7. The number of carbonyl (C=O) groups excluding carboxylic acids is 1. The van der Waals surface area contributed by atoms with Gasteiger partial charge >= 0.3 is 6.03 Å². The van der Waals surface area contributed by atoms with Crippen molar-refractivity contribution in [3.63, 3.8) is 0 Å². The van der Waals surface area contributed by atoms with Gasteiger partial charge in [-0.05, 0) is 56.4 Å². The summed E-state index contributed by atoms with van der Waals surface area (Å²) in [4.78, 5) is 26.5. The highest BCUT2D eigenvalue weighted by Crippen LogP contribution is 2.21. The van der Waals surface area contributed by atoms with Crippen LogP contribution in [0.2, 0.25) is 0 Å². The molecule has 4 rings (SSSR count). The second-order valence-electron chi connectivity index (χ2n) is 8.32. The van der Waals surface area contributed by atoms with E-state index >= 15 is 0 Å². The maximum absolute atomic E-state index is 12.4. The van der Waals surface area contributed by atoms with E-state index < -0.39 is 9.84 Å². The van der Waals surface area contributed by atoms with Crippen molar-refractivity contribution in [2.24, 2.45) is 5.92 Å². The fraction of sp³-hybridized carbons (Fsp3) is 0.737. The molecule has 9 heteroatoms. The molecule has 1 aromatic rings. The van der Waals surface area contributed by atoms with Crippen molar-refractivity contribution >= 4 is 15.9 Å². The molecular weight excluding hydrogens is 380 g/mol. The lowest BCUT2D eigenvalue weighted by Crippen LogP contribution is -2.48. The van der Waals surface area contributed by atoms with E-state index in [0.717, 1.165) is 49.8 Å². The molecule has 0 saturated carbocycles. The van der Waals surface area contributed by atoms with Gasteiger partial charge in [0.05, 0.1) is 17.2 Å². The van der Waals surface area contributed by atoms with Crippen molar-refractivity contribution in [2.45, 2.75) is 57.5 Å². The van der Waals surface area contributed by atoms with Crippen molar-refractivity contribution < 1.29 is 13.2 Å². The van der Waals surface area contributed by atoms with Gasteiger partial charge in [0.25, 0.3) is 5.56 Å². The molecule has 8 nitrogen and oxygen atoms in total. The van der Waals surface area contributed by atoms with Crippen LogP contribution in [-0.2, 0) is 29.2 Å². The Kier molecular flexibility index (Phi) is 5.44. The molecule has 3 heterocycles. The summed E-state index contributed by atoms with van der Waals surface area (Å²) in [5.74, 6) is 0.521. The minimum Gasteiger partial charge on any atom is -0.334 e. The average Bonchev–Trinajstić information content (AvgIpc) is 3.01. The third kappa shape index (κ3) is 4.39. The Hall–Kier alpha value is -1.90. The molecule has 0 aromatic carbocycles. The fourth-order valence-electron chi connectivity index (χ4n) is 4.47. The number of aryl methyl sites for hydroxylation is 2. The molecule has 154 valence electrons. The first-order chi connectivity index (χ1) is 13.4. The number of hydrogen-bond acceptors (Lipinski definition) is 5. The first-order valence-corrected chi connectivity index (χ1v) is 12.1. The van der Waals surface area contributed by atoms with Gasteiger partial charge < -0.3 is 10.2 Å². The lowest BCUT2D eigenvalue weighted by Gasteiger charge is -2.32. The van der Waals surface area contributed by atoms with Gasteiger partial charge in [-0.25, -0.2) is 17.9 Å². The van der Waals surface area contributed by atoms with E-state index in [1.807, 2.05) is 0 Å².